The number of hydrogen-bond acceptors (Lipinski definition) is 3. The van der Waals surface area contributed by atoms with E-state index < -0.39 is 0 Å². The Morgan fingerprint density at radius 2 is 1.77 bits per heavy atom. The van der Waals surface area contributed by atoms with Crippen LogP contribution in [0.3, 0.4) is 0 Å². The second-order valence-electron chi connectivity index (χ2n) is 4.83. The summed E-state index contributed by atoms with van der Waals surface area (Å²) < 4.78 is 0. The van der Waals surface area contributed by atoms with Gasteiger partial charge in [0.1, 0.15) is 12.4 Å². The zero-order valence-corrected chi connectivity index (χ0v) is 13.3. The molecule has 0 unspecified atom stereocenters. The lowest BCUT2D eigenvalue weighted by molar-refractivity contribution is -0.0119. The number of nitrogens with zero attached hydrogens (tertiary/aromatic N) is 3. The van der Waals surface area contributed by atoms with Crippen LogP contribution < -0.4 is 10.6 Å². The molecule has 1 aliphatic heterocycles. The van der Waals surface area contributed by atoms with Crippen LogP contribution in [0.2, 0.25) is 10.0 Å². The molecule has 6 heteroatoms. The lowest BCUT2D eigenvalue weighted by atomic mass is 10.1. The number of fused-ring (bicyclic) bond motifs is 1. The van der Waals surface area contributed by atoms with E-state index in [2.05, 4.69) is 9.98 Å². The predicted octanol–water partition coefficient (Wildman–Crippen LogP) is 2.50. The molecule has 0 fully saturated rings. The normalized spacial score (nSPS) is 16.3. The molecule has 0 saturated heterocycles. The fourth-order valence-corrected chi connectivity index (χ4v) is 2.65. The highest BCUT2D eigenvalue weighted by Gasteiger charge is 2.17. The SMILES string of the molecule is CN=C1CN(O)C(c2ccc(Cl)cc2)=c2cc(Cl)ccc2=N1. The van der Waals surface area contributed by atoms with Gasteiger partial charge in [0.25, 0.3) is 0 Å². The molecule has 0 atom stereocenters. The first-order chi connectivity index (χ1) is 10.6. The monoisotopic (exact) mass is 333 g/mol. The minimum Gasteiger partial charge on any atom is -0.288 e. The van der Waals surface area contributed by atoms with Gasteiger partial charge in [-0.25, -0.2) is 10.1 Å². The average molecular weight is 334 g/mol. The van der Waals surface area contributed by atoms with Crippen LogP contribution in [-0.4, -0.2) is 29.7 Å². The fraction of sp³-hybridized carbons (Fsp3) is 0.125. The second-order valence-corrected chi connectivity index (χ2v) is 5.70. The van der Waals surface area contributed by atoms with Crippen molar-refractivity contribution < 1.29 is 5.21 Å². The van der Waals surface area contributed by atoms with Crippen LogP contribution in [0.25, 0.3) is 5.70 Å². The number of benzene rings is 2. The summed E-state index contributed by atoms with van der Waals surface area (Å²) in [6, 6.07) is 12.6. The zero-order chi connectivity index (χ0) is 15.7. The number of hydroxylamine groups is 2. The number of hydrogen-bond donors (Lipinski definition) is 1. The third-order valence-electron chi connectivity index (χ3n) is 3.39. The molecule has 22 heavy (non-hydrogen) atoms. The zero-order valence-electron chi connectivity index (χ0n) is 11.8. The maximum Gasteiger partial charge on any atom is 0.145 e. The molecule has 4 nitrogen and oxygen atoms in total. The van der Waals surface area contributed by atoms with Gasteiger partial charge in [0, 0.05) is 27.9 Å². The van der Waals surface area contributed by atoms with E-state index >= 15 is 0 Å². The molecule has 3 rings (SSSR count). The predicted molar refractivity (Wildman–Crippen MR) is 88.0 cm³/mol. The fourth-order valence-electron chi connectivity index (χ4n) is 2.35. The molecule has 2 aromatic rings. The summed E-state index contributed by atoms with van der Waals surface area (Å²) in [6.45, 7) is 0.195. The number of amidine groups is 1. The molecule has 1 heterocycles. The molecular formula is C16H13Cl2N3O. The van der Waals surface area contributed by atoms with Gasteiger partial charge in [-0.1, -0.05) is 35.3 Å². The molecule has 0 bridgehead atoms. The maximum absolute atomic E-state index is 10.5. The summed E-state index contributed by atoms with van der Waals surface area (Å²) in [7, 11) is 1.65. The molecule has 112 valence electrons. The first-order valence-electron chi connectivity index (χ1n) is 6.65. The summed E-state index contributed by atoms with van der Waals surface area (Å²) in [5, 5.41) is 14.3. The number of halogens is 2. The number of aliphatic imine (C=N–C) groups is 1. The molecule has 0 spiro atoms. The minimum absolute atomic E-state index is 0.195. The quantitative estimate of drug-likeness (QED) is 0.871. The van der Waals surface area contributed by atoms with Gasteiger partial charge in [0.2, 0.25) is 0 Å². The largest absolute Gasteiger partial charge is 0.288 e. The van der Waals surface area contributed by atoms with E-state index in [1.807, 2.05) is 18.2 Å². The van der Waals surface area contributed by atoms with Crippen molar-refractivity contribution in [1.29, 1.82) is 0 Å². The van der Waals surface area contributed by atoms with Crippen molar-refractivity contribution in [3.05, 3.63) is 68.6 Å². The third-order valence-corrected chi connectivity index (χ3v) is 3.88. The van der Waals surface area contributed by atoms with Crippen LogP contribution in [0.4, 0.5) is 0 Å². The Bertz CT molecular complexity index is 860. The van der Waals surface area contributed by atoms with E-state index in [9.17, 15) is 5.21 Å². The first kappa shape index (κ1) is 15.0. The second kappa shape index (κ2) is 6.08. The Kier molecular flexibility index (Phi) is 4.16. The van der Waals surface area contributed by atoms with Crippen molar-refractivity contribution in [3.63, 3.8) is 0 Å². The van der Waals surface area contributed by atoms with Crippen LogP contribution in [-0.2, 0) is 0 Å². The Morgan fingerprint density at radius 1 is 1.09 bits per heavy atom. The molecule has 0 radical (unpaired) electrons. The Hall–Kier alpha value is -1.88. The van der Waals surface area contributed by atoms with Crippen LogP contribution in [0.5, 0.6) is 0 Å². The van der Waals surface area contributed by atoms with E-state index in [0.717, 1.165) is 15.8 Å². The summed E-state index contributed by atoms with van der Waals surface area (Å²) in [5.41, 5.74) is 1.44. The van der Waals surface area contributed by atoms with Gasteiger partial charge in [-0.2, -0.15) is 0 Å². The topological polar surface area (TPSA) is 48.2 Å². The van der Waals surface area contributed by atoms with Gasteiger partial charge >= 0.3 is 0 Å². The molecule has 0 amide bonds. The van der Waals surface area contributed by atoms with E-state index in [1.54, 1.807) is 31.3 Å². The lowest BCUT2D eigenvalue weighted by Gasteiger charge is -2.19. The van der Waals surface area contributed by atoms with Crippen molar-refractivity contribution in [2.75, 3.05) is 13.6 Å². The van der Waals surface area contributed by atoms with Crippen LogP contribution in [0.15, 0.2) is 52.4 Å². The van der Waals surface area contributed by atoms with E-state index in [0.29, 0.717) is 26.9 Å². The summed E-state index contributed by atoms with van der Waals surface area (Å²) in [6.07, 6.45) is 0. The van der Waals surface area contributed by atoms with Gasteiger partial charge in [-0.15, -0.1) is 0 Å². The highest BCUT2D eigenvalue weighted by atomic mass is 35.5. The molecule has 0 saturated carbocycles. The van der Waals surface area contributed by atoms with Crippen molar-refractivity contribution in [3.8, 4) is 0 Å². The lowest BCUT2D eigenvalue weighted by Crippen LogP contribution is -2.31. The smallest absolute Gasteiger partial charge is 0.145 e. The maximum atomic E-state index is 10.5. The molecule has 0 aromatic heterocycles. The van der Waals surface area contributed by atoms with Crippen molar-refractivity contribution in [1.82, 2.24) is 5.06 Å². The van der Waals surface area contributed by atoms with Gasteiger partial charge in [0.15, 0.2) is 0 Å². The van der Waals surface area contributed by atoms with Gasteiger partial charge in [-0.3, -0.25) is 10.2 Å². The Morgan fingerprint density at radius 3 is 2.45 bits per heavy atom. The van der Waals surface area contributed by atoms with Crippen LogP contribution in [0, 0.1) is 0 Å². The van der Waals surface area contributed by atoms with Gasteiger partial charge in [-0.05, 0) is 30.3 Å². The average Bonchev–Trinajstić information content (AvgIpc) is 2.64. The highest BCUT2D eigenvalue weighted by Crippen LogP contribution is 2.19. The molecule has 1 N–H and O–H groups in total. The van der Waals surface area contributed by atoms with Crippen LogP contribution >= 0.6 is 23.2 Å². The summed E-state index contributed by atoms with van der Waals surface area (Å²) in [4.78, 5) is 8.59. The van der Waals surface area contributed by atoms with Crippen molar-refractivity contribution >= 4 is 34.7 Å². The Labute approximate surface area is 137 Å². The highest BCUT2D eigenvalue weighted by molar-refractivity contribution is 6.30. The third kappa shape index (κ3) is 2.86. The van der Waals surface area contributed by atoms with Gasteiger partial charge < -0.3 is 0 Å². The van der Waals surface area contributed by atoms with E-state index in [-0.39, 0.29) is 6.54 Å². The standard InChI is InChI=1S/C16H13Cl2N3O/c1-19-15-9-21(22)16(10-2-4-11(17)5-3-10)13-8-12(18)6-7-14(13)20-15/h2-8,22H,9H2,1H3. The van der Waals surface area contributed by atoms with E-state index in [1.165, 1.54) is 0 Å². The van der Waals surface area contributed by atoms with Crippen molar-refractivity contribution in [2.24, 2.45) is 9.98 Å². The van der Waals surface area contributed by atoms with Gasteiger partial charge in [0.05, 0.1) is 11.1 Å². The van der Waals surface area contributed by atoms with Crippen LogP contribution in [0.1, 0.15) is 5.56 Å². The summed E-state index contributed by atoms with van der Waals surface area (Å²) >= 11 is 12.1. The molecule has 0 aliphatic carbocycles. The number of rotatable bonds is 1. The van der Waals surface area contributed by atoms with E-state index in [4.69, 9.17) is 23.2 Å². The Balaban J connectivity index is 2.39. The minimum atomic E-state index is 0.195. The molecular weight excluding hydrogens is 321 g/mol. The molecule has 1 aliphatic rings. The summed E-state index contributed by atoms with van der Waals surface area (Å²) in [5.74, 6) is 0.537. The molecule has 2 aromatic carbocycles. The van der Waals surface area contributed by atoms with Crippen molar-refractivity contribution in [2.45, 2.75) is 0 Å². The first-order valence-corrected chi connectivity index (χ1v) is 7.40.